The summed E-state index contributed by atoms with van der Waals surface area (Å²) in [4.78, 5) is 8.63. The highest BCUT2D eigenvalue weighted by molar-refractivity contribution is 14.0. The minimum absolute atomic E-state index is 0. The Balaban J connectivity index is 0.00000320. The Morgan fingerprint density at radius 3 is 2.97 bits per heavy atom. The van der Waals surface area contributed by atoms with E-state index in [1.807, 2.05) is 24.3 Å². The summed E-state index contributed by atoms with van der Waals surface area (Å²) in [5, 5.41) is 11.2. The number of halogens is 2. The molecular formula is C20H29ClIN5O3. The van der Waals surface area contributed by atoms with Crippen LogP contribution in [-0.4, -0.2) is 62.7 Å². The molecule has 1 aliphatic heterocycles. The first-order valence-corrected chi connectivity index (χ1v) is 10.3. The van der Waals surface area contributed by atoms with Gasteiger partial charge in [-0.1, -0.05) is 28.9 Å². The molecule has 1 atom stereocenters. The summed E-state index contributed by atoms with van der Waals surface area (Å²) in [6, 6.07) is 7.38. The molecule has 3 rings (SSSR count). The van der Waals surface area contributed by atoms with Crippen molar-refractivity contribution in [3.63, 3.8) is 0 Å². The predicted octanol–water partition coefficient (Wildman–Crippen LogP) is 3.16. The summed E-state index contributed by atoms with van der Waals surface area (Å²) in [7, 11) is 1.75. The Hall–Kier alpha value is -1.43. The number of hydrogen-bond acceptors (Lipinski definition) is 6. The van der Waals surface area contributed by atoms with E-state index in [-0.39, 0.29) is 24.0 Å². The summed E-state index contributed by atoms with van der Waals surface area (Å²) < 4.78 is 16.4. The van der Waals surface area contributed by atoms with Crippen LogP contribution in [0.1, 0.15) is 18.7 Å². The van der Waals surface area contributed by atoms with E-state index < -0.39 is 0 Å². The molecule has 1 aromatic heterocycles. The fraction of sp³-hybridized carbons (Fsp3) is 0.550. The number of benzene rings is 1. The monoisotopic (exact) mass is 549 g/mol. The molecule has 1 unspecified atom stereocenters. The van der Waals surface area contributed by atoms with E-state index in [2.05, 4.69) is 25.8 Å². The summed E-state index contributed by atoms with van der Waals surface area (Å²) >= 11 is 6.01. The summed E-state index contributed by atoms with van der Waals surface area (Å²) in [6.45, 7) is 4.64. The highest BCUT2D eigenvalue weighted by atomic mass is 127. The van der Waals surface area contributed by atoms with Gasteiger partial charge in [0.2, 0.25) is 11.7 Å². The molecule has 2 heterocycles. The topological polar surface area (TPSA) is 93.8 Å². The Bertz CT molecular complexity index is 783. The van der Waals surface area contributed by atoms with Crippen LogP contribution in [0.4, 0.5) is 0 Å². The molecule has 1 aliphatic rings. The number of nitrogens with zero attached hydrogens (tertiary/aromatic N) is 3. The third kappa shape index (κ3) is 8.37. The highest BCUT2D eigenvalue weighted by Crippen LogP contribution is 2.19. The molecule has 2 N–H and O–H groups in total. The van der Waals surface area contributed by atoms with E-state index in [1.165, 1.54) is 0 Å². The summed E-state index contributed by atoms with van der Waals surface area (Å²) in [6.07, 6.45) is 2.62. The molecule has 1 aromatic carbocycles. The first-order chi connectivity index (χ1) is 14.2. The van der Waals surface area contributed by atoms with Crippen molar-refractivity contribution < 1.29 is 14.0 Å². The maximum Gasteiger partial charge on any atom is 0.228 e. The van der Waals surface area contributed by atoms with E-state index in [4.69, 9.17) is 25.6 Å². The van der Waals surface area contributed by atoms with Crippen LogP contribution in [0.15, 0.2) is 33.8 Å². The number of nitrogens with one attached hydrogen (secondary N) is 2. The molecule has 8 nitrogen and oxygen atoms in total. The van der Waals surface area contributed by atoms with Crippen molar-refractivity contribution in [2.45, 2.75) is 19.3 Å². The second kappa shape index (κ2) is 13.8. The molecule has 0 radical (unpaired) electrons. The van der Waals surface area contributed by atoms with Crippen molar-refractivity contribution in [1.82, 2.24) is 20.8 Å². The van der Waals surface area contributed by atoms with E-state index in [0.717, 1.165) is 57.3 Å². The van der Waals surface area contributed by atoms with Crippen LogP contribution in [0.2, 0.25) is 5.02 Å². The Morgan fingerprint density at radius 1 is 1.33 bits per heavy atom. The molecule has 2 aromatic rings. The minimum Gasteiger partial charge on any atom is -0.381 e. The van der Waals surface area contributed by atoms with Crippen molar-refractivity contribution in [2.24, 2.45) is 10.9 Å². The van der Waals surface area contributed by atoms with Gasteiger partial charge in [0.25, 0.3) is 0 Å². The van der Waals surface area contributed by atoms with Gasteiger partial charge in [-0.15, -0.1) is 24.0 Å². The van der Waals surface area contributed by atoms with Crippen LogP contribution >= 0.6 is 35.6 Å². The molecule has 1 fully saturated rings. The third-order valence-electron chi connectivity index (χ3n) is 4.54. The average molecular weight is 550 g/mol. The van der Waals surface area contributed by atoms with Crippen LogP contribution in [0.25, 0.3) is 11.4 Å². The molecule has 0 saturated carbocycles. The fourth-order valence-corrected chi connectivity index (χ4v) is 3.15. The SMILES string of the molecule is CN=C(NCCCOCC1CCOC1)NCCc1nc(-c2cccc(Cl)c2)no1.I. The minimum atomic E-state index is 0. The molecule has 0 bridgehead atoms. The lowest BCUT2D eigenvalue weighted by Crippen LogP contribution is -2.39. The van der Waals surface area contributed by atoms with Crippen molar-refractivity contribution in [3.05, 3.63) is 35.2 Å². The first kappa shape index (κ1) is 24.8. The zero-order valence-corrected chi connectivity index (χ0v) is 20.2. The van der Waals surface area contributed by atoms with Crippen molar-refractivity contribution in [1.29, 1.82) is 0 Å². The molecule has 30 heavy (non-hydrogen) atoms. The standard InChI is InChI=1S/C20H28ClN5O3.HI/c1-22-20(23-8-3-10-27-13-15-7-11-28-14-15)24-9-6-18-25-19(26-29-18)16-4-2-5-17(21)12-16;/h2,4-5,12,15H,3,6-11,13-14H2,1H3,(H2,22,23,24);1H. The summed E-state index contributed by atoms with van der Waals surface area (Å²) in [5.74, 6) is 2.40. The number of rotatable bonds is 10. The normalized spacial score (nSPS) is 16.3. The van der Waals surface area contributed by atoms with E-state index in [1.54, 1.807) is 7.05 Å². The number of guanidine groups is 1. The number of aliphatic imine (C=N–C) groups is 1. The van der Waals surface area contributed by atoms with Gasteiger partial charge in [-0.25, -0.2) is 0 Å². The first-order valence-electron chi connectivity index (χ1n) is 9.93. The van der Waals surface area contributed by atoms with Crippen LogP contribution < -0.4 is 10.6 Å². The van der Waals surface area contributed by atoms with Gasteiger partial charge in [0.1, 0.15) is 0 Å². The second-order valence-electron chi connectivity index (χ2n) is 6.86. The zero-order chi connectivity index (χ0) is 20.3. The van der Waals surface area contributed by atoms with E-state index >= 15 is 0 Å². The average Bonchev–Trinajstić information content (AvgIpc) is 3.41. The highest BCUT2D eigenvalue weighted by Gasteiger charge is 2.15. The molecule has 0 amide bonds. The molecule has 1 saturated heterocycles. The van der Waals surface area contributed by atoms with Gasteiger partial charge in [-0.05, 0) is 25.0 Å². The Morgan fingerprint density at radius 2 is 2.20 bits per heavy atom. The molecule has 166 valence electrons. The predicted molar refractivity (Wildman–Crippen MR) is 128 cm³/mol. The third-order valence-corrected chi connectivity index (χ3v) is 4.78. The van der Waals surface area contributed by atoms with E-state index in [0.29, 0.717) is 35.6 Å². The van der Waals surface area contributed by atoms with Crippen LogP contribution in [0.5, 0.6) is 0 Å². The maximum absolute atomic E-state index is 6.01. The maximum atomic E-state index is 6.01. The van der Waals surface area contributed by atoms with Crippen molar-refractivity contribution >= 4 is 41.5 Å². The van der Waals surface area contributed by atoms with Gasteiger partial charge in [0, 0.05) is 56.3 Å². The van der Waals surface area contributed by atoms with Crippen LogP contribution in [-0.2, 0) is 15.9 Å². The van der Waals surface area contributed by atoms with Crippen molar-refractivity contribution in [3.8, 4) is 11.4 Å². The fourth-order valence-electron chi connectivity index (χ4n) is 2.96. The van der Waals surface area contributed by atoms with Gasteiger partial charge in [0.05, 0.1) is 13.2 Å². The molecule has 10 heteroatoms. The Kier molecular flexibility index (Phi) is 11.4. The lowest BCUT2D eigenvalue weighted by molar-refractivity contribution is 0.0888. The lowest BCUT2D eigenvalue weighted by atomic mass is 10.1. The lowest BCUT2D eigenvalue weighted by Gasteiger charge is -2.12. The van der Waals surface area contributed by atoms with E-state index in [9.17, 15) is 0 Å². The molecular weight excluding hydrogens is 521 g/mol. The second-order valence-corrected chi connectivity index (χ2v) is 7.29. The zero-order valence-electron chi connectivity index (χ0n) is 17.1. The van der Waals surface area contributed by atoms with Gasteiger partial charge in [-0.3, -0.25) is 4.99 Å². The smallest absolute Gasteiger partial charge is 0.228 e. The Labute approximate surface area is 199 Å². The van der Waals surface area contributed by atoms with Crippen LogP contribution in [0.3, 0.4) is 0 Å². The van der Waals surface area contributed by atoms with Gasteiger partial charge >= 0.3 is 0 Å². The van der Waals surface area contributed by atoms with Crippen molar-refractivity contribution in [2.75, 3.05) is 46.6 Å². The largest absolute Gasteiger partial charge is 0.381 e. The quantitative estimate of drug-likeness (QED) is 0.204. The number of aromatic nitrogens is 2. The number of ether oxygens (including phenoxy) is 2. The van der Waals surface area contributed by atoms with Crippen LogP contribution in [0, 0.1) is 5.92 Å². The van der Waals surface area contributed by atoms with Gasteiger partial charge < -0.3 is 24.6 Å². The molecule has 0 spiro atoms. The van der Waals surface area contributed by atoms with Gasteiger partial charge in [0.15, 0.2) is 5.96 Å². The summed E-state index contributed by atoms with van der Waals surface area (Å²) in [5.41, 5.74) is 0.834. The number of hydrogen-bond donors (Lipinski definition) is 2. The molecule has 0 aliphatic carbocycles. The van der Waals surface area contributed by atoms with Gasteiger partial charge in [-0.2, -0.15) is 4.98 Å².